The lowest BCUT2D eigenvalue weighted by molar-refractivity contribution is 0.307. The lowest BCUT2D eigenvalue weighted by atomic mass is 9.83. The van der Waals surface area contributed by atoms with E-state index in [1.54, 1.807) is 6.07 Å². The number of benzene rings is 1. The molecule has 19 heavy (non-hydrogen) atoms. The van der Waals surface area contributed by atoms with Crippen molar-refractivity contribution < 1.29 is 9.13 Å². The number of nitrogens with two attached hydrogens (primary N) is 1. The fourth-order valence-electron chi connectivity index (χ4n) is 2.94. The second kappa shape index (κ2) is 5.68. The highest BCUT2D eigenvalue weighted by Crippen LogP contribution is 2.41. The number of halogens is 1. The summed E-state index contributed by atoms with van der Waals surface area (Å²) >= 11 is 0. The molecule has 3 nitrogen and oxygen atoms in total. The highest BCUT2D eigenvalue weighted by molar-refractivity contribution is 5.68. The Morgan fingerprint density at radius 1 is 1.37 bits per heavy atom. The molecule has 1 aliphatic carbocycles. The highest BCUT2D eigenvalue weighted by atomic mass is 19.1. The molecule has 0 unspecified atom stereocenters. The molecule has 1 saturated carbocycles. The maximum atomic E-state index is 13.5. The van der Waals surface area contributed by atoms with Gasteiger partial charge in [0.2, 0.25) is 0 Å². The van der Waals surface area contributed by atoms with Crippen LogP contribution in [0, 0.1) is 11.2 Å². The number of rotatable bonds is 5. The topological polar surface area (TPSA) is 47.3 Å². The molecule has 2 rings (SSSR count). The van der Waals surface area contributed by atoms with Gasteiger partial charge in [0.1, 0.15) is 0 Å². The summed E-state index contributed by atoms with van der Waals surface area (Å²) in [6.45, 7) is 3.13. The molecule has 0 spiro atoms. The van der Waals surface area contributed by atoms with Crippen molar-refractivity contribution in [1.29, 1.82) is 0 Å². The molecule has 0 amide bonds. The molecule has 0 aromatic heterocycles. The maximum Gasteiger partial charge on any atom is 0.167 e. The van der Waals surface area contributed by atoms with Crippen LogP contribution in [0.5, 0.6) is 5.75 Å². The summed E-state index contributed by atoms with van der Waals surface area (Å²) in [6, 6.07) is 2.96. The van der Waals surface area contributed by atoms with E-state index in [0.29, 0.717) is 11.1 Å². The lowest BCUT2D eigenvalue weighted by Crippen LogP contribution is -2.26. The SMILES string of the molecule is CCC1(CNc2cc(OC)c(F)cc2N)CCCC1. The minimum absolute atomic E-state index is 0.230. The predicted octanol–water partition coefficient (Wildman–Crippen LogP) is 3.80. The number of methoxy groups -OCH3 is 1. The summed E-state index contributed by atoms with van der Waals surface area (Å²) in [5.74, 6) is -0.190. The van der Waals surface area contributed by atoms with Gasteiger partial charge in [0.05, 0.1) is 18.5 Å². The van der Waals surface area contributed by atoms with Crippen molar-refractivity contribution in [2.75, 3.05) is 24.7 Å². The van der Waals surface area contributed by atoms with Crippen LogP contribution in [0.15, 0.2) is 12.1 Å². The summed E-state index contributed by atoms with van der Waals surface area (Å²) in [6.07, 6.45) is 6.29. The van der Waals surface area contributed by atoms with E-state index in [2.05, 4.69) is 12.2 Å². The second-order valence-electron chi connectivity index (χ2n) is 5.49. The van der Waals surface area contributed by atoms with Crippen LogP contribution in [-0.2, 0) is 0 Å². The van der Waals surface area contributed by atoms with Crippen LogP contribution in [0.4, 0.5) is 15.8 Å². The quantitative estimate of drug-likeness (QED) is 0.797. The third kappa shape index (κ3) is 2.94. The van der Waals surface area contributed by atoms with Crippen molar-refractivity contribution in [2.24, 2.45) is 5.41 Å². The Morgan fingerprint density at radius 2 is 2.05 bits per heavy atom. The fourth-order valence-corrected chi connectivity index (χ4v) is 2.94. The number of nitrogens with one attached hydrogen (secondary N) is 1. The Hall–Kier alpha value is -1.45. The fraction of sp³-hybridized carbons (Fsp3) is 0.600. The van der Waals surface area contributed by atoms with E-state index in [4.69, 9.17) is 10.5 Å². The number of anilines is 2. The van der Waals surface area contributed by atoms with Crippen LogP contribution >= 0.6 is 0 Å². The van der Waals surface area contributed by atoms with E-state index in [0.717, 1.165) is 18.7 Å². The molecule has 1 fully saturated rings. The highest BCUT2D eigenvalue weighted by Gasteiger charge is 2.31. The molecule has 106 valence electrons. The molecular formula is C15H23FN2O. The van der Waals surface area contributed by atoms with Gasteiger partial charge < -0.3 is 15.8 Å². The first-order valence-corrected chi connectivity index (χ1v) is 6.97. The zero-order chi connectivity index (χ0) is 13.9. The van der Waals surface area contributed by atoms with Crippen molar-refractivity contribution in [3.05, 3.63) is 17.9 Å². The standard InChI is InChI=1S/C15H23FN2O/c1-3-15(6-4-5-7-15)10-18-13-9-14(19-2)11(16)8-12(13)17/h8-9,18H,3-7,10,17H2,1-2H3. The summed E-state index contributed by atoms with van der Waals surface area (Å²) in [4.78, 5) is 0. The van der Waals surface area contributed by atoms with Crippen LogP contribution < -0.4 is 15.8 Å². The van der Waals surface area contributed by atoms with Crippen molar-refractivity contribution in [1.82, 2.24) is 0 Å². The van der Waals surface area contributed by atoms with Crippen LogP contribution in [0.2, 0.25) is 0 Å². The van der Waals surface area contributed by atoms with Gasteiger partial charge in [0, 0.05) is 18.7 Å². The molecule has 0 heterocycles. The van der Waals surface area contributed by atoms with Crippen LogP contribution in [-0.4, -0.2) is 13.7 Å². The van der Waals surface area contributed by atoms with Gasteiger partial charge in [-0.2, -0.15) is 0 Å². The zero-order valence-corrected chi connectivity index (χ0v) is 11.8. The number of hydrogen-bond donors (Lipinski definition) is 2. The van der Waals surface area contributed by atoms with Crippen molar-refractivity contribution in [3.63, 3.8) is 0 Å². The van der Waals surface area contributed by atoms with Crippen LogP contribution in [0.25, 0.3) is 0 Å². The Balaban J connectivity index is 2.10. The average molecular weight is 266 g/mol. The third-order valence-electron chi connectivity index (χ3n) is 4.39. The van der Waals surface area contributed by atoms with Gasteiger partial charge in [-0.05, 0) is 24.7 Å². The van der Waals surface area contributed by atoms with Gasteiger partial charge in [-0.3, -0.25) is 0 Å². The van der Waals surface area contributed by atoms with E-state index < -0.39 is 5.82 Å². The molecule has 0 saturated heterocycles. The van der Waals surface area contributed by atoms with E-state index in [-0.39, 0.29) is 5.75 Å². The normalized spacial score (nSPS) is 17.4. The van der Waals surface area contributed by atoms with Gasteiger partial charge in [-0.15, -0.1) is 0 Å². The largest absolute Gasteiger partial charge is 0.494 e. The first kappa shape index (κ1) is 14.0. The lowest BCUT2D eigenvalue weighted by Gasteiger charge is -2.28. The van der Waals surface area contributed by atoms with Gasteiger partial charge in [-0.1, -0.05) is 19.8 Å². The van der Waals surface area contributed by atoms with Gasteiger partial charge in [0.15, 0.2) is 11.6 Å². The van der Waals surface area contributed by atoms with Crippen molar-refractivity contribution in [3.8, 4) is 5.75 Å². The van der Waals surface area contributed by atoms with Gasteiger partial charge >= 0.3 is 0 Å². The summed E-state index contributed by atoms with van der Waals surface area (Å²) in [5.41, 5.74) is 7.42. The molecule has 1 aromatic carbocycles. The van der Waals surface area contributed by atoms with Crippen LogP contribution in [0.3, 0.4) is 0 Å². The number of nitrogen functional groups attached to an aromatic ring is 1. The van der Waals surface area contributed by atoms with Crippen molar-refractivity contribution in [2.45, 2.75) is 39.0 Å². The second-order valence-corrected chi connectivity index (χ2v) is 5.49. The first-order chi connectivity index (χ1) is 9.10. The Labute approximate surface area is 114 Å². The van der Waals surface area contributed by atoms with E-state index in [1.165, 1.54) is 38.9 Å². The molecule has 0 radical (unpaired) electrons. The molecule has 3 N–H and O–H groups in total. The summed E-state index contributed by atoms with van der Waals surface area (Å²) in [7, 11) is 1.46. The Morgan fingerprint density at radius 3 is 2.63 bits per heavy atom. The number of ether oxygens (including phenoxy) is 1. The molecule has 4 heteroatoms. The third-order valence-corrected chi connectivity index (χ3v) is 4.39. The summed E-state index contributed by atoms with van der Waals surface area (Å²) in [5, 5.41) is 3.38. The summed E-state index contributed by atoms with van der Waals surface area (Å²) < 4.78 is 18.5. The van der Waals surface area contributed by atoms with Gasteiger partial charge in [0.25, 0.3) is 0 Å². The van der Waals surface area contributed by atoms with Crippen molar-refractivity contribution >= 4 is 11.4 Å². The molecule has 0 atom stereocenters. The predicted molar refractivity (Wildman–Crippen MR) is 77.0 cm³/mol. The minimum Gasteiger partial charge on any atom is -0.494 e. The monoisotopic (exact) mass is 266 g/mol. The molecular weight excluding hydrogens is 243 g/mol. The zero-order valence-electron chi connectivity index (χ0n) is 11.8. The van der Waals surface area contributed by atoms with E-state index in [9.17, 15) is 4.39 Å². The van der Waals surface area contributed by atoms with E-state index >= 15 is 0 Å². The van der Waals surface area contributed by atoms with E-state index in [1.807, 2.05) is 0 Å². The van der Waals surface area contributed by atoms with Crippen LogP contribution in [0.1, 0.15) is 39.0 Å². The Kier molecular flexibility index (Phi) is 4.17. The molecule has 1 aromatic rings. The first-order valence-electron chi connectivity index (χ1n) is 6.97. The smallest absolute Gasteiger partial charge is 0.167 e. The molecule has 0 bridgehead atoms. The average Bonchev–Trinajstić information content (AvgIpc) is 2.87. The Bertz CT molecular complexity index is 442. The molecule has 1 aliphatic rings. The van der Waals surface area contributed by atoms with Gasteiger partial charge in [-0.25, -0.2) is 4.39 Å². The number of hydrogen-bond acceptors (Lipinski definition) is 3. The molecule has 0 aliphatic heterocycles. The maximum absolute atomic E-state index is 13.5. The minimum atomic E-state index is -0.420.